The van der Waals surface area contributed by atoms with Crippen LogP contribution in [0.15, 0.2) is 36.5 Å². The van der Waals surface area contributed by atoms with Gasteiger partial charge in [0.1, 0.15) is 18.0 Å². The van der Waals surface area contributed by atoms with Crippen molar-refractivity contribution < 1.29 is 27.4 Å². The van der Waals surface area contributed by atoms with Crippen LogP contribution in [0.4, 0.5) is 18.0 Å². The van der Waals surface area contributed by atoms with Gasteiger partial charge in [-0.1, -0.05) is 13.8 Å². The summed E-state index contributed by atoms with van der Waals surface area (Å²) < 4.78 is 55.3. The summed E-state index contributed by atoms with van der Waals surface area (Å²) in [5.74, 6) is 0.221. The number of alkyl carbamates (subject to hydrolysis) is 1. The van der Waals surface area contributed by atoms with Gasteiger partial charge in [0.25, 0.3) is 0 Å². The van der Waals surface area contributed by atoms with E-state index in [1.165, 1.54) is 6.07 Å². The van der Waals surface area contributed by atoms with E-state index in [2.05, 4.69) is 15.4 Å². The van der Waals surface area contributed by atoms with E-state index in [0.717, 1.165) is 24.6 Å². The van der Waals surface area contributed by atoms with Crippen LogP contribution in [0.5, 0.6) is 5.75 Å². The molecular formula is C28H35F3N4O3. The number of halogens is 3. The Morgan fingerprint density at radius 1 is 1.13 bits per heavy atom. The van der Waals surface area contributed by atoms with E-state index in [9.17, 15) is 18.0 Å². The number of nitrogens with zero attached hydrogens (tertiary/aromatic N) is 3. The van der Waals surface area contributed by atoms with Crippen molar-refractivity contribution in [3.8, 4) is 17.0 Å². The second kappa shape index (κ2) is 10.1. The quantitative estimate of drug-likeness (QED) is 0.338. The zero-order chi connectivity index (χ0) is 27.9. The molecule has 206 valence electrons. The maximum absolute atomic E-state index is 14.2. The van der Waals surface area contributed by atoms with Crippen molar-refractivity contribution in [3.05, 3.63) is 47.8 Å². The number of aromatic nitrogens is 3. The average Bonchev–Trinajstić information content (AvgIpc) is 3.53. The first-order valence-corrected chi connectivity index (χ1v) is 12.8. The maximum Gasteiger partial charge on any atom is 0.419 e. The van der Waals surface area contributed by atoms with Gasteiger partial charge < -0.3 is 14.8 Å². The number of fused-ring (bicyclic) bond motifs is 1. The van der Waals surface area contributed by atoms with E-state index in [-0.39, 0.29) is 18.3 Å². The van der Waals surface area contributed by atoms with Gasteiger partial charge in [0.2, 0.25) is 0 Å². The lowest BCUT2D eigenvalue weighted by atomic mass is 9.91. The van der Waals surface area contributed by atoms with Gasteiger partial charge in [0.15, 0.2) is 5.65 Å². The molecule has 2 aromatic heterocycles. The van der Waals surface area contributed by atoms with Crippen molar-refractivity contribution in [2.24, 2.45) is 5.92 Å². The number of hydrogen-bond acceptors (Lipinski definition) is 5. The molecule has 1 fully saturated rings. The van der Waals surface area contributed by atoms with Crippen LogP contribution in [-0.4, -0.2) is 38.4 Å². The van der Waals surface area contributed by atoms with Crippen LogP contribution in [-0.2, 0) is 10.9 Å². The predicted molar refractivity (Wildman–Crippen MR) is 138 cm³/mol. The summed E-state index contributed by atoms with van der Waals surface area (Å²) in [6, 6.07) is 7.51. The molecule has 4 rings (SSSR count). The summed E-state index contributed by atoms with van der Waals surface area (Å²) in [6.45, 7) is 10.7. The molecule has 1 amide bonds. The number of carbonyl (C=O) groups excluding carboxylic acids is 1. The molecule has 1 aromatic carbocycles. The summed E-state index contributed by atoms with van der Waals surface area (Å²) in [7, 11) is 0. The molecule has 2 heterocycles. The lowest BCUT2D eigenvalue weighted by molar-refractivity contribution is -0.139. The van der Waals surface area contributed by atoms with Crippen molar-refractivity contribution in [3.63, 3.8) is 0 Å². The first-order chi connectivity index (χ1) is 17.6. The first-order valence-electron chi connectivity index (χ1n) is 12.8. The predicted octanol–water partition coefficient (Wildman–Crippen LogP) is 7.00. The summed E-state index contributed by atoms with van der Waals surface area (Å²) in [4.78, 5) is 16.8. The third-order valence-corrected chi connectivity index (χ3v) is 6.16. The Morgan fingerprint density at radius 3 is 2.45 bits per heavy atom. The van der Waals surface area contributed by atoms with Crippen LogP contribution in [0, 0.1) is 5.92 Å². The van der Waals surface area contributed by atoms with Gasteiger partial charge in [-0.2, -0.15) is 18.3 Å². The number of amides is 1. The van der Waals surface area contributed by atoms with Crippen LogP contribution < -0.4 is 10.1 Å². The molecule has 1 saturated carbocycles. The highest BCUT2D eigenvalue weighted by Gasteiger charge is 2.37. The zero-order valence-electron chi connectivity index (χ0n) is 22.6. The highest BCUT2D eigenvalue weighted by atomic mass is 19.4. The average molecular weight is 533 g/mol. The molecule has 1 aliphatic carbocycles. The Balaban J connectivity index is 1.62. The molecule has 3 aromatic rings. The summed E-state index contributed by atoms with van der Waals surface area (Å²) in [6.07, 6.45) is -1.15. The van der Waals surface area contributed by atoms with Crippen molar-refractivity contribution in [2.45, 2.75) is 84.0 Å². The fourth-order valence-corrected chi connectivity index (χ4v) is 4.58. The number of benzene rings is 1. The van der Waals surface area contributed by atoms with Gasteiger partial charge in [0.05, 0.1) is 22.5 Å². The molecule has 10 heteroatoms. The monoisotopic (exact) mass is 532 g/mol. The van der Waals surface area contributed by atoms with E-state index >= 15 is 0 Å². The molecule has 0 radical (unpaired) electrons. The second-order valence-electron chi connectivity index (χ2n) is 11.7. The Labute approximate surface area is 220 Å². The van der Waals surface area contributed by atoms with Gasteiger partial charge in [-0.25, -0.2) is 14.3 Å². The molecule has 0 saturated heterocycles. The van der Waals surface area contributed by atoms with Gasteiger partial charge in [-0.3, -0.25) is 0 Å². The highest BCUT2D eigenvalue weighted by Crippen LogP contribution is 2.41. The Morgan fingerprint density at radius 2 is 1.84 bits per heavy atom. The van der Waals surface area contributed by atoms with E-state index in [4.69, 9.17) is 9.47 Å². The molecule has 0 bridgehead atoms. The lowest BCUT2D eigenvalue weighted by Crippen LogP contribution is -2.52. The molecule has 0 spiro atoms. The van der Waals surface area contributed by atoms with Crippen LogP contribution in [0.3, 0.4) is 0 Å². The van der Waals surface area contributed by atoms with Gasteiger partial charge in [0, 0.05) is 23.7 Å². The molecule has 38 heavy (non-hydrogen) atoms. The molecule has 7 nitrogen and oxygen atoms in total. The SMILES string of the molecule is CC(C)CC(C)(COc1ccc(-c2ccnc3cc(C4CC4)nn23)cc1C(F)(F)F)NC(=O)OC(C)(C)C. The number of carbonyl (C=O) groups is 1. The zero-order valence-corrected chi connectivity index (χ0v) is 22.6. The third-order valence-electron chi connectivity index (χ3n) is 6.16. The molecular weight excluding hydrogens is 497 g/mol. The minimum Gasteiger partial charge on any atom is -0.491 e. The Bertz CT molecular complexity index is 1310. The number of hydrogen-bond donors (Lipinski definition) is 1. The van der Waals surface area contributed by atoms with Gasteiger partial charge in [-0.15, -0.1) is 0 Å². The van der Waals surface area contributed by atoms with Gasteiger partial charge in [-0.05, 0) is 77.1 Å². The molecule has 1 unspecified atom stereocenters. The Hall–Kier alpha value is -3.30. The molecule has 1 atom stereocenters. The van der Waals surface area contributed by atoms with Crippen molar-refractivity contribution in [1.29, 1.82) is 0 Å². The topological polar surface area (TPSA) is 77.8 Å². The molecule has 0 aliphatic heterocycles. The lowest BCUT2D eigenvalue weighted by Gasteiger charge is -2.33. The van der Waals surface area contributed by atoms with Crippen molar-refractivity contribution >= 4 is 11.7 Å². The van der Waals surface area contributed by atoms with E-state index in [1.807, 2.05) is 19.9 Å². The maximum atomic E-state index is 14.2. The summed E-state index contributed by atoms with van der Waals surface area (Å²) in [5, 5.41) is 7.40. The van der Waals surface area contributed by atoms with E-state index in [1.54, 1.807) is 50.5 Å². The smallest absolute Gasteiger partial charge is 0.419 e. The minimum absolute atomic E-state index is 0.145. The largest absolute Gasteiger partial charge is 0.491 e. The minimum atomic E-state index is -4.66. The molecule has 1 aliphatic rings. The van der Waals surface area contributed by atoms with Crippen molar-refractivity contribution in [1.82, 2.24) is 19.9 Å². The summed E-state index contributed by atoms with van der Waals surface area (Å²) in [5.41, 5.74) is -0.217. The van der Waals surface area contributed by atoms with Crippen LogP contribution in [0.25, 0.3) is 16.9 Å². The van der Waals surface area contributed by atoms with E-state index in [0.29, 0.717) is 29.2 Å². The summed E-state index contributed by atoms with van der Waals surface area (Å²) >= 11 is 0. The normalized spacial score (nSPS) is 15.9. The number of nitrogens with one attached hydrogen (secondary N) is 1. The number of ether oxygens (including phenoxy) is 2. The van der Waals surface area contributed by atoms with Crippen LogP contribution >= 0.6 is 0 Å². The fourth-order valence-electron chi connectivity index (χ4n) is 4.58. The van der Waals surface area contributed by atoms with Gasteiger partial charge >= 0.3 is 12.3 Å². The van der Waals surface area contributed by atoms with Crippen LogP contribution in [0.1, 0.15) is 78.0 Å². The number of alkyl halides is 3. The highest BCUT2D eigenvalue weighted by molar-refractivity contribution is 5.69. The number of rotatable bonds is 8. The fraction of sp³-hybridized carbons (Fsp3) is 0.536. The third kappa shape index (κ3) is 6.76. The van der Waals surface area contributed by atoms with E-state index < -0.39 is 29.0 Å². The van der Waals surface area contributed by atoms with Crippen LogP contribution in [0.2, 0.25) is 0 Å². The first kappa shape index (κ1) is 27.7. The second-order valence-corrected chi connectivity index (χ2v) is 11.7. The van der Waals surface area contributed by atoms with Crippen molar-refractivity contribution in [2.75, 3.05) is 6.61 Å². The standard InChI is InChI=1S/C28H35F3N4O3/c1-17(2)15-27(6,33-25(36)38-26(3,4)5)16-37-23-10-9-19(13-20(23)28(29,30)31)22-11-12-32-24-14-21(18-7-8-18)34-35(22)24/h9-14,17-18H,7-8,15-16H2,1-6H3,(H,33,36). The molecule has 1 N–H and O–H groups in total. The Kier molecular flexibility index (Phi) is 7.38.